The number of anilines is 1. The van der Waals surface area contributed by atoms with Gasteiger partial charge in [-0.25, -0.2) is 0 Å². The topological polar surface area (TPSA) is 85.1 Å². The number of nitro benzene ring substituents is 1. The summed E-state index contributed by atoms with van der Waals surface area (Å²) in [5.74, 6) is -0.581. The Hall–Kier alpha value is -2.18. The van der Waals surface area contributed by atoms with Crippen LogP contribution < -0.4 is 5.32 Å². The first kappa shape index (κ1) is 14.2. The molecule has 1 N–H and O–H groups in total. The van der Waals surface area contributed by atoms with E-state index in [-0.39, 0.29) is 27.0 Å². The predicted molar refractivity (Wildman–Crippen MR) is 75.3 cm³/mol. The van der Waals surface area contributed by atoms with Gasteiger partial charge in [-0.3, -0.25) is 19.9 Å². The lowest BCUT2D eigenvalue weighted by molar-refractivity contribution is -0.383. The summed E-state index contributed by atoms with van der Waals surface area (Å²) in [5.41, 5.74) is -0.0933. The lowest BCUT2D eigenvalue weighted by Gasteiger charge is -2.07. The Morgan fingerprint density at radius 1 is 1.30 bits per heavy atom. The zero-order valence-electron chi connectivity index (χ0n) is 9.84. The molecule has 1 heterocycles. The first-order chi connectivity index (χ1) is 9.49. The highest BCUT2D eigenvalue weighted by Gasteiger charge is 2.18. The lowest BCUT2D eigenvalue weighted by atomic mass is 10.2. The van der Waals surface area contributed by atoms with Gasteiger partial charge in [-0.2, -0.15) is 0 Å². The molecule has 0 unspecified atom stereocenters. The van der Waals surface area contributed by atoms with Crippen molar-refractivity contribution in [3.63, 3.8) is 0 Å². The number of nitro groups is 1. The van der Waals surface area contributed by atoms with E-state index in [0.717, 1.165) is 0 Å². The van der Waals surface area contributed by atoms with Gasteiger partial charge in [-0.1, -0.05) is 23.2 Å². The van der Waals surface area contributed by atoms with Crippen LogP contribution in [0.1, 0.15) is 10.4 Å². The first-order valence-electron chi connectivity index (χ1n) is 5.34. The molecule has 1 aromatic carbocycles. The predicted octanol–water partition coefficient (Wildman–Crippen LogP) is 3.55. The zero-order chi connectivity index (χ0) is 14.7. The van der Waals surface area contributed by atoms with E-state index in [1.54, 1.807) is 0 Å². The molecule has 0 bridgehead atoms. The number of nitrogens with zero attached hydrogens (tertiary/aromatic N) is 2. The van der Waals surface area contributed by atoms with Crippen LogP contribution in [-0.4, -0.2) is 15.8 Å². The third kappa shape index (κ3) is 3.04. The van der Waals surface area contributed by atoms with Gasteiger partial charge in [0.25, 0.3) is 11.6 Å². The summed E-state index contributed by atoms with van der Waals surface area (Å²) in [6.45, 7) is 0. The average Bonchev–Trinajstić information content (AvgIpc) is 2.38. The van der Waals surface area contributed by atoms with Gasteiger partial charge in [0.15, 0.2) is 0 Å². The molecule has 1 aromatic heterocycles. The van der Waals surface area contributed by atoms with Crippen LogP contribution in [0.25, 0.3) is 0 Å². The maximum Gasteiger partial charge on any atom is 0.292 e. The van der Waals surface area contributed by atoms with Crippen molar-refractivity contribution in [2.24, 2.45) is 0 Å². The zero-order valence-corrected chi connectivity index (χ0v) is 11.4. The van der Waals surface area contributed by atoms with E-state index in [1.165, 1.54) is 36.7 Å². The van der Waals surface area contributed by atoms with Crippen molar-refractivity contribution in [1.82, 2.24) is 4.98 Å². The molecule has 0 saturated heterocycles. The van der Waals surface area contributed by atoms with Gasteiger partial charge in [0.05, 0.1) is 15.5 Å². The van der Waals surface area contributed by atoms with Crippen molar-refractivity contribution < 1.29 is 9.72 Å². The Morgan fingerprint density at radius 3 is 2.70 bits per heavy atom. The molecule has 0 fully saturated rings. The Kier molecular flexibility index (Phi) is 4.16. The molecule has 1 amide bonds. The van der Waals surface area contributed by atoms with Crippen LogP contribution in [0.4, 0.5) is 11.4 Å². The lowest BCUT2D eigenvalue weighted by Crippen LogP contribution is -2.13. The number of amides is 1. The monoisotopic (exact) mass is 311 g/mol. The van der Waals surface area contributed by atoms with Crippen LogP contribution in [0.3, 0.4) is 0 Å². The minimum absolute atomic E-state index is 0.000351. The van der Waals surface area contributed by atoms with Gasteiger partial charge in [0.2, 0.25) is 0 Å². The minimum Gasteiger partial charge on any atom is -0.316 e. The molecule has 0 radical (unpaired) electrons. The summed E-state index contributed by atoms with van der Waals surface area (Å²) in [6, 6.07) is 5.29. The van der Waals surface area contributed by atoms with Gasteiger partial charge >= 0.3 is 0 Å². The van der Waals surface area contributed by atoms with Crippen molar-refractivity contribution in [2.45, 2.75) is 0 Å². The van der Waals surface area contributed by atoms with E-state index < -0.39 is 10.8 Å². The normalized spacial score (nSPS) is 10.1. The fraction of sp³-hybridized carbons (Fsp3) is 0. The van der Waals surface area contributed by atoms with Crippen LogP contribution in [-0.2, 0) is 0 Å². The number of hydrogen-bond acceptors (Lipinski definition) is 4. The largest absolute Gasteiger partial charge is 0.316 e. The highest BCUT2D eigenvalue weighted by atomic mass is 35.5. The van der Waals surface area contributed by atoms with Crippen molar-refractivity contribution in [3.05, 3.63) is 62.4 Å². The summed E-state index contributed by atoms with van der Waals surface area (Å²) >= 11 is 11.6. The van der Waals surface area contributed by atoms with E-state index >= 15 is 0 Å². The Labute approximate surface area is 123 Å². The summed E-state index contributed by atoms with van der Waals surface area (Å²) < 4.78 is 0. The van der Waals surface area contributed by atoms with Crippen molar-refractivity contribution >= 4 is 40.5 Å². The number of benzene rings is 1. The van der Waals surface area contributed by atoms with Gasteiger partial charge in [-0.05, 0) is 18.2 Å². The van der Waals surface area contributed by atoms with Crippen LogP contribution in [0, 0.1) is 10.1 Å². The van der Waals surface area contributed by atoms with E-state index in [1.807, 2.05) is 0 Å². The molecule has 20 heavy (non-hydrogen) atoms. The molecule has 0 saturated carbocycles. The molecule has 0 aliphatic heterocycles. The van der Waals surface area contributed by atoms with Gasteiger partial charge in [0.1, 0.15) is 5.69 Å². The average molecular weight is 312 g/mol. The van der Waals surface area contributed by atoms with Gasteiger partial charge in [0, 0.05) is 23.5 Å². The fourth-order valence-corrected chi connectivity index (χ4v) is 1.89. The van der Waals surface area contributed by atoms with Crippen molar-refractivity contribution in [2.75, 3.05) is 5.32 Å². The molecule has 2 rings (SSSR count). The molecule has 102 valence electrons. The smallest absolute Gasteiger partial charge is 0.292 e. The highest BCUT2D eigenvalue weighted by molar-refractivity contribution is 6.34. The quantitative estimate of drug-likeness (QED) is 0.693. The van der Waals surface area contributed by atoms with E-state index in [4.69, 9.17) is 23.2 Å². The Balaban J connectivity index is 2.35. The molecular weight excluding hydrogens is 305 g/mol. The third-order valence-corrected chi connectivity index (χ3v) is 2.96. The van der Waals surface area contributed by atoms with E-state index in [9.17, 15) is 14.9 Å². The number of pyridine rings is 1. The second-order valence-corrected chi connectivity index (χ2v) is 4.57. The summed E-state index contributed by atoms with van der Waals surface area (Å²) in [5, 5.41) is 13.7. The van der Waals surface area contributed by atoms with E-state index in [2.05, 4.69) is 10.3 Å². The van der Waals surface area contributed by atoms with Crippen LogP contribution >= 0.6 is 23.2 Å². The summed E-state index contributed by atoms with van der Waals surface area (Å²) in [6.07, 6.45) is 2.70. The van der Waals surface area contributed by atoms with Crippen LogP contribution in [0.15, 0.2) is 36.7 Å². The summed E-state index contributed by atoms with van der Waals surface area (Å²) in [7, 11) is 0. The molecule has 2 aromatic rings. The van der Waals surface area contributed by atoms with Crippen molar-refractivity contribution in [3.8, 4) is 0 Å². The maximum absolute atomic E-state index is 12.0. The number of halogens is 2. The molecule has 0 aliphatic carbocycles. The Bertz CT molecular complexity index is 691. The summed E-state index contributed by atoms with van der Waals surface area (Å²) in [4.78, 5) is 26.1. The number of nitrogens with one attached hydrogen (secondary N) is 1. The molecule has 0 atom stereocenters. The third-order valence-electron chi connectivity index (χ3n) is 2.42. The van der Waals surface area contributed by atoms with Gasteiger partial charge < -0.3 is 5.32 Å². The standard InChI is InChI=1S/C12H7Cl2N3O3/c13-7-1-2-11(17(19)20)10(5-7)16-12(18)8-3-4-15-6-9(8)14/h1-6H,(H,16,18). The SMILES string of the molecule is O=C(Nc1cc(Cl)ccc1[N+](=O)[O-])c1ccncc1Cl. The maximum atomic E-state index is 12.0. The molecule has 6 nitrogen and oxygen atoms in total. The van der Waals surface area contributed by atoms with Gasteiger partial charge in [-0.15, -0.1) is 0 Å². The first-order valence-corrected chi connectivity index (χ1v) is 6.09. The number of carbonyl (C=O) groups excluding carboxylic acids is 1. The number of hydrogen-bond donors (Lipinski definition) is 1. The molecular formula is C12H7Cl2N3O3. The number of aromatic nitrogens is 1. The fourth-order valence-electron chi connectivity index (χ4n) is 1.52. The van der Waals surface area contributed by atoms with Crippen LogP contribution in [0.2, 0.25) is 10.0 Å². The second-order valence-electron chi connectivity index (χ2n) is 3.73. The molecule has 8 heteroatoms. The van der Waals surface area contributed by atoms with Crippen molar-refractivity contribution in [1.29, 1.82) is 0 Å². The number of rotatable bonds is 3. The molecule has 0 spiro atoms. The number of carbonyl (C=O) groups is 1. The highest BCUT2D eigenvalue weighted by Crippen LogP contribution is 2.28. The Morgan fingerprint density at radius 2 is 2.05 bits per heavy atom. The second kappa shape index (κ2) is 5.85. The van der Waals surface area contributed by atoms with Crippen LogP contribution in [0.5, 0.6) is 0 Å². The minimum atomic E-state index is -0.611. The van der Waals surface area contributed by atoms with E-state index in [0.29, 0.717) is 0 Å². The molecule has 0 aliphatic rings.